The minimum Gasteiger partial charge on any atom is -0.394 e. The lowest BCUT2D eigenvalue weighted by molar-refractivity contribution is 0.00150. The Labute approximate surface area is 106 Å². The van der Waals surface area contributed by atoms with Crippen LogP contribution >= 0.6 is 0 Å². The van der Waals surface area contributed by atoms with Gasteiger partial charge >= 0.3 is 0 Å². The smallest absolute Gasteiger partial charge is 0.150 e. The number of aliphatic imine (C=N–C) groups is 1. The van der Waals surface area contributed by atoms with E-state index in [2.05, 4.69) is 16.7 Å². The SMILES string of the molecule is C=C/C=C1/C(N)=NC=NN1CC1CCC(CO)O1. The summed E-state index contributed by atoms with van der Waals surface area (Å²) >= 11 is 0. The summed E-state index contributed by atoms with van der Waals surface area (Å²) in [4.78, 5) is 3.95. The van der Waals surface area contributed by atoms with Gasteiger partial charge in [0.05, 0.1) is 25.4 Å². The van der Waals surface area contributed by atoms with Crippen LogP contribution in [0, 0.1) is 0 Å². The Hall–Kier alpha value is -1.66. The molecule has 0 aliphatic carbocycles. The minimum atomic E-state index is -0.0541. The van der Waals surface area contributed by atoms with Crippen LogP contribution in [0.4, 0.5) is 0 Å². The van der Waals surface area contributed by atoms with Crippen LogP contribution in [0.3, 0.4) is 0 Å². The minimum absolute atomic E-state index is 0.0541. The number of ether oxygens (including phenoxy) is 1. The zero-order valence-corrected chi connectivity index (χ0v) is 10.2. The molecular weight excluding hydrogens is 232 g/mol. The monoisotopic (exact) mass is 250 g/mol. The van der Waals surface area contributed by atoms with Gasteiger partial charge in [0.15, 0.2) is 5.84 Å². The summed E-state index contributed by atoms with van der Waals surface area (Å²) in [5.41, 5.74) is 6.53. The number of hydrazone groups is 1. The summed E-state index contributed by atoms with van der Waals surface area (Å²) in [6.07, 6.45) is 6.64. The predicted molar refractivity (Wildman–Crippen MR) is 70.1 cm³/mol. The van der Waals surface area contributed by atoms with E-state index in [0.29, 0.717) is 12.4 Å². The molecule has 3 N–H and O–H groups in total. The molecule has 0 aromatic carbocycles. The van der Waals surface area contributed by atoms with Gasteiger partial charge in [-0.2, -0.15) is 5.10 Å². The van der Waals surface area contributed by atoms with E-state index in [1.165, 1.54) is 6.34 Å². The first-order valence-corrected chi connectivity index (χ1v) is 5.97. The molecule has 2 atom stereocenters. The highest BCUT2D eigenvalue weighted by molar-refractivity contribution is 6.01. The molecule has 18 heavy (non-hydrogen) atoms. The summed E-state index contributed by atoms with van der Waals surface area (Å²) < 4.78 is 5.68. The van der Waals surface area contributed by atoms with E-state index in [4.69, 9.17) is 15.6 Å². The number of hydrogen-bond donors (Lipinski definition) is 2. The Balaban J connectivity index is 2.00. The van der Waals surface area contributed by atoms with Crippen LogP contribution in [0.2, 0.25) is 0 Å². The molecule has 0 saturated carbocycles. The molecule has 0 aromatic heterocycles. The lowest BCUT2D eigenvalue weighted by atomic mass is 10.2. The van der Waals surface area contributed by atoms with Crippen LogP contribution in [-0.2, 0) is 4.74 Å². The summed E-state index contributed by atoms with van der Waals surface area (Å²) in [7, 11) is 0. The normalized spacial score (nSPS) is 29.7. The standard InChI is InChI=1S/C12H18N4O2/c1-2-3-11-12(13)14-8-15-16(11)6-9-4-5-10(7-17)18-9/h2-3,8-10,17H,1,4-7H2,(H2,13,14,15)/b11-3-. The summed E-state index contributed by atoms with van der Waals surface area (Å²) in [5.74, 6) is 0.418. The van der Waals surface area contributed by atoms with Crippen LogP contribution in [0.1, 0.15) is 12.8 Å². The number of hydrogen-bond acceptors (Lipinski definition) is 6. The first-order chi connectivity index (χ1) is 8.74. The van der Waals surface area contributed by atoms with E-state index in [9.17, 15) is 0 Å². The maximum absolute atomic E-state index is 9.04. The summed E-state index contributed by atoms with van der Waals surface area (Å²) in [6.45, 7) is 4.32. The molecule has 0 spiro atoms. The number of aliphatic hydroxyl groups excluding tert-OH is 1. The lowest BCUT2D eigenvalue weighted by Crippen LogP contribution is -2.36. The molecule has 0 radical (unpaired) electrons. The Morgan fingerprint density at radius 3 is 3.00 bits per heavy atom. The number of rotatable bonds is 4. The van der Waals surface area contributed by atoms with E-state index in [-0.39, 0.29) is 18.8 Å². The molecule has 2 heterocycles. The van der Waals surface area contributed by atoms with Gasteiger partial charge in [-0.1, -0.05) is 12.7 Å². The van der Waals surface area contributed by atoms with E-state index in [0.717, 1.165) is 18.5 Å². The molecule has 0 amide bonds. The van der Waals surface area contributed by atoms with E-state index in [1.807, 2.05) is 0 Å². The van der Waals surface area contributed by atoms with Gasteiger partial charge in [0.1, 0.15) is 12.0 Å². The van der Waals surface area contributed by atoms with Gasteiger partial charge in [0.25, 0.3) is 0 Å². The van der Waals surface area contributed by atoms with Gasteiger partial charge in [-0.25, -0.2) is 4.99 Å². The molecule has 2 aliphatic rings. The second-order valence-electron chi connectivity index (χ2n) is 4.26. The molecule has 98 valence electrons. The van der Waals surface area contributed by atoms with Crippen molar-refractivity contribution >= 4 is 12.2 Å². The Kier molecular flexibility index (Phi) is 4.11. The van der Waals surface area contributed by atoms with Crippen LogP contribution in [-0.4, -0.2) is 47.6 Å². The van der Waals surface area contributed by atoms with Gasteiger partial charge < -0.3 is 15.6 Å². The highest BCUT2D eigenvalue weighted by Gasteiger charge is 2.28. The third kappa shape index (κ3) is 2.77. The van der Waals surface area contributed by atoms with Gasteiger partial charge in [-0.3, -0.25) is 5.01 Å². The van der Waals surface area contributed by atoms with Crippen molar-refractivity contribution in [1.82, 2.24) is 5.01 Å². The van der Waals surface area contributed by atoms with E-state index < -0.39 is 0 Å². The van der Waals surface area contributed by atoms with E-state index in [1.54, 1.807) is 17.2 Å². The second-order valence-corrected chi connectivity index (χ2v) is 4.26. The first-order valence-electron chi connectivity index (χ1n) is 5.97. The van der Waals surface area contributed by atoms with Crippen molar-refractivity contribution in [3.63, 3.8) is 0 Å². The fourth-order valence-corrected chi connectivity index (χ4v) is 2.08. The number of nitrogens with zero attached hydrogens (tertiary/aromatic N) is 3. The lowest BCUT2D eigenvalue weighted by Gasteiger charge is -2.26. The molecule has 2 rings (SSSR count). The van der Waals surface area contributed by atoms with Crippen LogP contribution in [0.25, 0.3) is 0 Å². The third-order valence-electron chi connectivity index (χ3n) is 2.98. The quantitative estimate of drug-likeness (QED) is 0.747. The van der Waals surface area contributed by atoms with Gasteiger partial charge in [0, 0.05) is 0 Å². The van der Waals surface area contributed by atoms with Crippen molar-refractivity contribution in [3.8, 4) is 0 Å². The average Bonchev–Trinajstić information content (AvgIpc) is 2.81. The van der Waals surface area contributed by atoms with Crippen molar-refractivity contribution < 1.29 is 9.84 Å². The third-order valence-corrected chi connectivity index (χ3v) is 2.98. The van der Waals surface area contributed by atoms with Crippen molar-refractivity contribution in [2.45, 2.75) is 25.0 Å². The number of amidine groups is 1. The zero-order chi connectivity index (χ0) is 13.0. The Morgan fingerprint density at radius 1 is 1.56 bits per heavy atom. The van der Waals surface area contributed by atoms with Gasteiger partial charge in [-0.15, -0.1) is 0 Å². The summed E-state index contributed by atoms with van der Waals surface area (Å²) in [6, 6.07) is 0. The fourth-order valence-electron chi connectivity index (χ4n) is 2.08. The van der Waals surface area contributed by atoms with Crippen molar-refractivity contribution in [3.05, 3.63) is 24.4 Å². The maximum atomic E-state index is 9.04. The predicted octanol–water partition coefficient (Wildman–Crippen LogP) is 0.212. The average molecular weight is 250 g/mol. The molecule has 2 aliphatic heterocycles. The largest absolute Gasteiger partial charge is 0.394 e. The van der Waals surface area contributed by atoms with E-state index >= 15 is 0 Å². The van der Waals surface area contributed by atoms with Crippen LogP contribution < -0.4 is 5.73 Å². The van der Waals surface area contributed by atoms with Crippen LogP contribution in [0.15, 0.2) is 34.5 Å². The highest BCUT2D eigenvalue weighted by atomic mass is 16.5. The van der Waals surface area contributed by atoms with Gasteiger partial charge in [0.2, 0.25) is 0 Å². The first kappa shape index (κ1) is 12.8. The molecule has 1 fully saturated rings. The number of allylic oxidation sites excluding steroid dienone is 2. The second kappa shape index (κ2) is 5.79. The summed E-state index contributed by atoms with van der Waals surface area (Å²) in [5, 5.41) is 15.0. The Bertz CT molecular complexity index is 403. The molecule has 2 unspecified atom stereocenters. The maximum Gasteiger partial charge on any atom is 0.150 e. The van der Waals surface area contributed by atoms with Crippen molar-refractivity contribution in [1.29, 1.82) is 0 Å². The highest BCUT2D eigenvalue weighted by Crippen LogP contribution is 2.22. The topological polar surface area (TPSA) is 83.4 Å². The molecule has 0 bridgehead atoms. The Morgan fingerprint density at radius 2 is 2.33 bits per heavy atom. The van der Waals surface area contributed by atoms with Crippen molar-refractivity contribution in [2.24, 2.45) is 15.8 Å². The number of nitrogens with two attached hydrogens (primary N) is 1. The van der Waals surface area contributed by atoms with Gasteiger partial charge in [-0.05, 0) is 18.9 Å². The zero-order valence-electron chi connectivity index (χ0n) is 10.2. The van der Waals surface area contributed by atoms with Crippen LogP contribution in [0.5, 0.6) is 0 Å². The molecule has 6 nitrogen and oxygen atoms in total. The number of aliphatic hydroxyl groups is 1. The molecular formula is C12H18N4O2. The molecule has 1 saturated heterocycles. The molecule has 6 heteroatoms. The van der Waals surface area contributed by atoms with Crippen molar-refractivity contribution in [2.75, 3.05) is 13.2 Å². The fraction of sp³-hybridized carbons (Fsp3) is 0.500. The molecule has 0 aromatic rings.